The first kappa shape index (κ1) is 16.6. The Bertz CT molecular complexity index is 717. The molecule has 23 heavy (non-hydrogen) atoms. The van der Waals surface area contributed by atoms with E-state index in [0.717, 1.165) is 16.9 Å². The summed E-state index contributed by atoms with van der Waals surface area (Å²) < 4.78 is 0. The Kier molecular flexibility index (Phi) is 5.76. The second-order valence-corrected chi connectivity index (χ2v) is 5.66. The highest BCUT2D eigenvalue weighted by molar-refractivity contribution is 5.91. The summed E-state index contributed by atoms with van der Waals surface area (Å²) in [6, 6.07) is 17.2. The summed E-state index contributed by atoms with van der Waals surface area (Å²) in [6.45, 7) is 4.73. The Labute approximate surface area is 137 Å². The van der Waals surface area contributed by atoms with Crippen molar-refractivity contribution in [2.75, 3.05) is 17.2 Å². The van der Waals surface area contributed by atoms with Crippen molar-refractivity contribution in [3.63, 3.8) is 0 Å². The number of hydrogen-bond acceptors (Lipinski definition) is 3. The summed E-state index contributed by atoms with van der Waals surface area (Å²) in [5.41, 5.74) is 3.46. The molecule has 0 bridgehead atoms. The lowest BCUT2D eigenvalue weighted by Crippen LogP contribution is -2.17. The minimum Gasteiger partial charge on any atom is -0.384 e. The Morgan fingerprint density at radius 1 is 1.17 bits per heavy atom. The molecule has 0 aliphatic carbocycles. The van der Waals surface area contributed by atoms with Gasteiger partial charge in [-0.2, -0.15) is 5.26 Å². The molecule has 0 fully saturated rings. The molecule has 2 N–H and O–H groups in total. The van der Waals surface area contributed by atoms with E-state index in [0.29, 0.717) is 24.4 Å². The highest BCUT2D eigenvalue weighted by atomic mass is 16.1. The third-order valence-corrected chi connectivity index (χ3v) is 3.53. The van der Waals surface area contributed by atoms with Crippen molar-refractivity contribution in [2.45, 2.75) is 26.2 Å². The predicted molar refractivity (Wildman–Crippen MR) is 93.4 cm³/mol. The number of nitriles is 1. The molecule has 0 atom stereocenters. The van der Waals surface area contributed by atoms with Gasteiger partial charge < -0.3 is 10.6 Å². The monoisotopic (exact) mass is 307 g/mol. The fourth-order valence-corrected chi connectivity index (χ4v) is 2.35. The Morgan fingerprint density at radius 2 is 1.96 bits per heavy atom. The van der Waals surface area contributed by atoms with E-state index in [2.05, 4.69) is 30.6 Å². The maximum Gasteiger partial charge on any atom is 0.226 e. The fraction of sp³-hybridized carbons (Fsp3) is 0.263. The molecular weight excluding hydrogens is 286 g/mol. The van der Waals surface area contributed by atoms with Gasteiger partial charge in [0.1, 0.15) is 0 Å². The van der Waals surface area contributed by atoms with Gasteiger partial charge in [0.15, 0.2) is 0 Å². The number of rotatable bonds is 6. The molecule has 4 heteroatoms. The van der Waals surface area contributed by atoms with Gasteiger partial charge in [0.25, 0.3) is 0 Å². The number of para-hydroxylation sites is 1. The van der Waals surface area contributed by atoms with Gasteiger partial charge >= 0.3 is 0 Å². The van der Waals surface area contributed by atoms with E-state index in [1.165, 1.54) is 0 Å². The molecule has 0 heterocycles. The number of nitrogens with zero attached hydrogens (tertiary/aromatic N) is 1. The summed E-state index contributed by atoms with van der Waals surface area (Å²) in [5, 5.41) is 15.0. The Morgan fingerprint density at radius 3 is 2.70 bits per heavy atom. The summed E-state index contributed by atoms with van der Waals surface area (Å²) in [6.07, 6.45) is 0.364. The van der Waals surface area contributed by atoms with Crippen LogP contribution in [0.2, 0.25) is 0 Å². The minimum absolute atomic E-state index is 0.0259. The first-order chi connectivity index (χ1) is 11.1. The highest BCUT2D eigenvalue weighted by Gasteiger charge is 2.08. The summed E-state index contributed by atoms with van der Waals surface area (Å²) in [4.78, 5) is 12.1. The van der Waals surface area contributed by atoms with Crippen LogP contribution >= 0.6 is 0 Å². The molecule has 4 nitrogen and oxygen atoms in total. The fourth-order valence-electron chi connectivity index (χ4n) is 2.35. The molecule has 0 saturated carbocycles. The van der Waals surface area contributed by atoms with Gasteiger partial charge in [0.05, 0.1) is 11.6 Å². The lowest BCUT2D eigenvalue weighted by Gasteiger charge is -2.14. The molecule has 0 unspecified atom stereocenters. The van der Waals surface area contributed by atoms with Gasteiger partial charge in [-0.05, 0) is 35.7 Å². The van der Waals surface area contributed by atoms with Gasteiger partial charge in [-0.3, -0.25) is 4.79 Å². The largest absolute Gasteiger partial charge is 0.384 e. The second kappa shape index (κ2) is 8.00. The van der Waals surface area contributed by atoms with Crippen molar-refractivity contribution < 1.29 is 4.79 Å². The molecule has 0 radical (unpaired) electrons. The van der Waals surface area contributed by atoms with E-state index in [4.69, 9.17) is 5.26 Å². The molecule has 1 amide bonds. The third kappa shape index (κ3) is 4.86. The quantitative estimate of drug-likeness (QED) is 0.843. The Balaban J connectivity index is 1.87. The number of hydrogen-bond donors (Lipinski definition) is 2. The number of nitrogens with one attached hydrogen (secondary N) is 2. The van der Waals surface area contributed by atoms with E-state index in [1.54, 1.807) is 12.1 Å². The summed E-state index contributed by atoms with van der Waals surface area (Å²) in [5.74, 6) is 0.334. The van der Waals surface area contributed by atoms with E-state index in [1.807, 2.05) is 36.4 Å². The van der Waals surface area contributed by atoms with Crippen molar-refractivity contribution in [2.24, 2.45) is 0 Å². The van der Waals surface area contributed by atoms with Crippen LogP contribution in [0.25, 0.3) is 0 Å². The first-order valence-corrected chi connectivity index (χ1v) is 7.73. The van der Waals surface area contributed by atoms with Crippen LogP contribution in [0.1, 0.15) is 37.3 Å². The molecule has 0 saturated heterocycles. The van der Waals surface area contributed by atoms with E-state index >= 15 is 0 Å². The molecule has 2 aromatic rings. The average Bonchev–Trinajstić information content (AvgIpc) is 2.55. The summed E-state index contributed by atoms with van der Waals surface area (Å²) >= 11 is 0. The molecular formula is C19H21N3O. The van der Waals surface area contributed by atoms with Gasteiger partial charge in [0.2, 0.25) is 5.91 Å². The highest BCUT2D eigenvalue weighted by Crippen LogP contribution is 2.23. The third-order valence-electron chi connectivity index (χ3n) is 3.53. The molecule has 0 aromatic heterocycles. The number of benzene rings is 2. The number of carbonyl (C=O) groups excluding carboxylic acids is 1. The van der Waals surface area contributed by atoms with Crippen LogP contribution in [0, 0.1) is 11.3 Å². The zero-order valence-corrected chi connectivity index (χ0v) is 13.5. The zero-order valence-electron chi connectivity index (χ0n) is 13.5. The SMILES string of the molecule is CC(C)c1ccccc1NC(=O)CCNc1cccc(C#N)c1. The lowest BCUT2D eigenvalue weighted by atomic mass is 10.0. The normalized spacial score (nSPS) is 10.2. The lowest BCUT2D eigenvalue weighted by molar-refractivity contribution is -0.115. The van der Waals surface area contributed by atoms with Gasteiger partial charge in [-0.25, -0.2) is 0 Å². The van der Waals surface area contributed by atoms with Crippen LogP contribution in [0.4, 0.5) is 11.4 Å². The van der Waals surface area contributed by atoms with Crippen molar-refractivity contribution in [1.29, 1.82) is 5.26 Å². The van der Waals surface area contributed by atoms with Crippen molar-refractivity contribution in [3.8, 4) is 6.07 Å². The first-order valence-electron chi connectivity index (χ1n) is 7.73. The summed E-state index contributed by atoms with van der Waals surface area (Å²) in [7, 11) is 0. The van der Waals surface area contributed by atoms with E-state index < -0.39 is 0 Å². The van der Waals surface area contributed by atoms with Gasteiger partial charge in [0, 0.05) is 24.3 Å². The van der Waals surface area contributed by atoms with Crippen molar-refractivity contribution >= 4 is 17.3 Å². The Hall–Kier alpha value is -2.80. The van der Waals surface area contributed by atoms with Crippen LogP contribution < -0.4 is 10.6 Å². The number of carbonyl (C=O) groups is 1. The van der Waals surface area contributed by atoms with Crippen LogP contribution in [0.15, 0.2) is 48.5 Å². The van der Waals surface area contributed by atoms with Crippen LogP contribution in [-0.2, 0) is 4.79 Å². The van der Waals surface area contributed by atoms with E-state index in [9.17, 15) is 4.79 Å². The predicted octanol–water partition coefficient (Wildman–Crippen LogP) is 4.12. The van der Waals surface area contributed by atoms with E-state index in [-0.39, 0.29) is 5.91 Å². The minimum atomic E-state index is -0.0259. The molecule has 0 aliphatic rings. The van der Waals surface area contributed by atoms with Crippen molar-refractivity contribution in [3.05, 3.63) is 59.7 Å². The standard InChI is InChI=1S/C19H21N3O/c1-14(2)17-8-3-4-9-18(17)22-19(23)10-11-21-16-7-5-6-15(12-16)13-20/h3-9,12,14,21H,10-11H2,1-2H3,(H,22,23). The second-order valence-electron chi connectivity index (χ2n) is 5.66. The maximum absolute atomic E-state index is 12.1. The number of amides is 1. The molecule has 2 rings (SSSR count). The van der Waals surface area contributed by atoms with Crippen LogP contribution in [0.5, 0.6) is 0 Å². The van der Waals surface area contributed by atoms with Crippen LogP contribution in [-0.4, -0.2) is 12.5 Å². The molecule has 2 aromatic carbocycles. The van der Waals surface area contributed by atoms with Crippen molar-refractivity contribution in [1.82, 2.24) is 0 Å². The molecule has 118 valence electrons. The number of anilines is 2. The van der Waals surface area contributed by atoms with Gasteiger partial charge in [-0.1, -0.05) is 38.1 Å². The maximum atomic E-state index is 12.1. The zero-order chi connectivity index (χ0) is 16.7. The van der Waals surface area contributed by atoms with Gasteiger partial charge in [-0.15, -0.1) is 0 Å². The molecule has 0 spiro atoms. The van der Waals surface area contributed by atoms with Crippen LogP contribution in [0.3, 0.4) is 0 Å². The molecule has 0 aliphatic heterocycles. The average molecular weight is 307 g/mol. The topological polar surface area (TPSA) is 64.9 Å². The smallest absolute Gasteiger partial charge is 0.226 e.